The minimum Gasteiger partial charge on any atom is -0.389 e. The number of nitrogen functional groups attached to an aromatic ring is 1. The Morgan fingerprint density at radius 1 is 1.35 bits per heavy atom. The summed E-state index contributed by atoms with van der Waals surface area (Å²) < 4.78 is 0. The van der Waals surface area contributed by atoms with Crippen LogP contribution in [0.4, 0.5) is 5.82 Å². The number of aromatic nitrogens is 1. The third-order valence-electron chi connectivity index (χ3n) is 3.04. The number of fused-ring (bicyclic) bond motifs is 1. The molecule has 0 fully saturated rings. The number of hydrogen-bond acceptors (Lipinski definition) is 5. The molecule has 0 unspecified atom stereocenters. The Labute approximate surface area is 119 Å². The second-order valence-corrected chi connectivity index (χ2v) is 5.82. The van der Waals surface area contributed by atoms with Gasteiger partial charge in [0.15, 0.2) is 0 Å². The lowest BCUT2D eigenvalue weighted by Gasteiger charge is -2.26. The van der Waals surface area contributed by atoms with Gasteiger partial charge in [0.2, 0.25) is 0 Å². The number of nitrogens with zero attached hydrogens (tertiary/aromatic N) is 2. The average molecular weight is 274 g/mol. The van der Waals surface area contributed by atoms with Crippen LogP contribution in [0.1, 0.15) is 19.4 Å². The topological polar surface area (TPSA) is 74.4 Å². The zero-order valence-electron chi connectivity index (χ0n) is 12.2. The zero-order valence-corrected chi connectivity index (χ0v) is 12.2. The molecule has 0 aliphatic rings. The molecule has 0 amide bonds. The van der Waals surface area contributed by atoms with Crippen molar-refractivity contribution in [1.82, 2.24) is 9.88 Å². The summed E-state index contributed by atoms with van der Waals surface area (Å²) in [6, 6.07) is 10.0. The number of nitrogens with one attached hydrogen (secondary N) is 1. The first-order chi connectivity index (χ1) is 9.39. The van der Waals surface area contributed by atoms with Crippen LogP contribution in [-0.2, 0) is 6.54 Å². The fourth-order valence-corrected chi connectivity index (χ4v) is 2.41. The molecular weight excluding hydrogens is 252 g/mol. The lowest BCUT2D eigenvalue weighted by molar-refractivity contribution is 0.0425. The van der Waals surface area contributed by atoms with Crippen LogP contribution in [0.25, 0.3) is 10.9 Å². The van der Waals surface area contributed by atoms with Crippen molar-refractivity contribution >= 4 is 16.7 Å². The minimum absolute atomic E-state index is 0.573. The average Bonchev–Trinajstić information content (AvgIpc) is 2.35. The van der Waals surface area contributed by atoms with E-state index in [1.807, 2.05) is 36.2 Å². The van der Waals surface area contributed by atoms with Gasteiger partial charge in [-0.25, -0.2) is 10.8 Å². The highest BCUT2D eigenvalue weighted by atomic mass is 16.3. The number of anilines is 1. The van der Waals surface area contributed by atoms with Gasteiger partial charge in [0.25, 0.3) is 0 Å². The molecule has 0 radical (unpaired) electrons. The van der Waals surface area contributed by atoms with Crippen molar-refractivity contribution in [3.63, 3.8) is 0 Å². The molecule has 108 valence electrons. The number of aliphatic hydroxyl groups is 1. The molecule has 2 aromatic rings. The van der Waals surface area contributed by atoms with Crippen LogP contribution >= 0.6 is 0 Å². The summed E-state index contributed by atoms with van der Waals surface area (Å²) in [5, 5.41) is 10.9. The Bertz CT molecular complexity index is 592. The summed E-state index contributed by atoms with van der Waals surface area (Å²) in [6.07, 6.45) is 0. The Hall–Kier alpha value is -1.69. The SMILES string of the molecule is CN(Cc1cc2ccccc2nc1NN)CC(C)(C)O. The Kier molecular flexibility index (Phi) is 4.23. The van der Waals surface area contributed by atoms with Crippen LogP contribution in [-0.4, -0.2) is 34.2 Å². The van der Waals surface area contributed by atoms with E-state index in [9.17, 15) is 5.11 Å². The van der Waals surface area contributed by atoms with Crippen LogP contribution in [0.15, 0.2) is 30.3 Å². The van der Waals surface area contributed by atoms with Gasteiger partial charge in [0.05, 0.1) is 11.1 Å². The molecule has 0 saturated carbocycles. The molecule has 4 N–H and O–H groups in total. The lowest BCUT2D eigenvalue weighted by atomic mass is 10.1. The van der Waals surface area contributed by atoms with E-state index >= 15 is 0 Å². The second-order valence-electron chi connectivity index (χ2n) is 5.82. The number of rotatable bonds is 5. The summed E-state index contributed by atoms with van der Waals surface area (Å²) >= 11 is 0. The largest absolute Gasteiger partial charge is 0.389 e. The number of pyridine rings is 1. The highest BCUT2D eigenvalue weighted by Crippen LogP contribution is 2.21. The summed E-state index contributed by atoms with van der Waals surface area (Å²) in [5.74, 6) is 6.24. The third kappa shape index (κ3) is 3.66. The van der Waals surface area contributed by atoms with E-state index in [-0.39, 0.29) is 0 Å². The van der Waals surface area contributed by atoms with Crippen LogP contribution in [0.3, 0.4) is 0 Å². The molecule has 5 heteroatoms. The number of benzene rings is 1. The molecule has 0 saturated heterocycles. The highest BCUT2D eigenvalue weighted by molar-refractivity contribution is 5.81. The number of nitrogens with two attached hydrogens (primary N) is 1. The minimum atomic E-state index is -0.727. The highest BCUT2D eigenvalue weighted by Gasteiger charge is 2.17. The molecule has 2 rings (SSSR count). The molecule has 1 heterocycles. The fraction of sp³-hybridized carbons (Fsp3) is 0.400. The van der Waals surface area contributed by atoms with Crippen molar-refractivity contribution in [2.75, 3.05) is 19.0 Å². The smallest absolute Gasteiger partial charge is 0.145 e. The van der Waals surface area contributed by atoms with E-state index in [0.29, 0.717) is 18.9 Å². The summed E-state index contributed by atoms with van der Waals surface area (Å²) in [7, 11) is 1.97. The van der Waals surface area contributed by atoms with Gasteiger partial charge < -0.3 is 10.5 Å². The Balaban J connectivity index is 2.28. The van der Waals surface area contributed by atoms with Gasteiger partial charge in [0, 0.05) is 24.0 Å². The van der Waals surface area contributed by atoms with E-state index in [4.69, 9.17) is 5.84 Å². The standard InChI is InChI=1S/C15H22N4O/c1-15(2,20)10-19(3)9-12-8-11-6-4-5-7-13(11)17-14(12)18-16/h4-8,20H,9-10,16H2,1-3H3,(H,17,18). The van der Waals surface area contributed by atoms with Gasteiger partial charge in [-0.15, -0.1) is 0 Å². The quantitative estimate of drug-likeness (QED) is 0.572. The maximum Gasteiger partial charge on any atom is 0.145 e. The predicted molar refractivity (Wildman–Crippen MR) is 82.2 cm³/mol. The molecule has 1 aromatic heterocycles. The summed E-state index contributed by atoms with van der Waals surface area (Å²) in [5.41, 5.74) is 3.85. The molecular formula is C15H22N4O. The van der Waals surface area contributed by atoms with Crippen LogP contribution in [0, 0.1) is 0 Å². The number of para-hydroxylation sites is 1. The van der Waals surface area contributed by atoms with Gasteiger partial charge in [-0.1, -0.05) is 18.2 Å². The van der Waals surface area contributed by atoms with Gasteiger partial charge >= 0.3 is 0 Å². The number of hydrogen-bond donors (Lipinski definition) is 3. The van der Waals surface area contributed by atoms with Gasteiger partial charge in [-0.2, -0.15) is 0 Å². The third-order valence-corrected chi connectivity index (χ3v) is 3.04. The van der Waals surface area contributed by atoms with E-state index in [1.165, 1.54) is 0 Å². The molecule has 0 spiro atoms. The van der Waals surface area contributed by atoms with Crippen LogP contribution in [0.5, 0.6) is 0 Å². The van der Waals surface area contributed by atoms with Crippen molar-refractivity contribution in [2.45, 2.75) is 26.0 Å². The summed E-state index contributed by atoms with van der Waals surface area (Å²) in [4.78, 5) is 6.57. The van der Waals surface area contributed by atoms with Crippen molar-refractivity contribution in [1.29, 1.82) is 0 Å². The van der Waals surface area contributed by atoms with E-state index in [0.717, 1.165) is 16.5 Å². The van der Waals surface area contributed by atoms with Crippen LogP contribution in [0.2, 0.25) is 0 Å². The van der Waals surface area contributed by atoms with E-state index in [1.54, 1.807) is 13.8 Å². The molecule has 20 heavy (non-hydrogen) atoms. The molecule has 0 atom stereocenters. The second kappa shape index (κ2) is 5.75. The lowest BCUT2D eigenvalue weighted by Crippen LogP contribution is -2.36. The van der Waals surface area contributed by atoms with E-state index < -0.39 is 5.60 Å². The molecule has 5 nitrogen and oxygen atoms in total. The monoisotopic (exact) mass is 274 g/mol. The van der Waals surface area contributed by atoms with Crippen molar-refractivity contribution in [2.24, 2.45) is 5.84 Å². The number of likely N-dealkylation sites (N-methyl/N-ethyl adjacent to an activating group) is 1. The predicted octanol–water partition coefficient (Wildman–Crippen LogP) is 1.72. The van der Waals surface area contributed by atoms with E-state index in [2.05, 4.69) is 16.5 Å². The van der Waals surface area contributed by atoms with Gasteiger partial charge in [-0.05, 0) is 33.0 Å². The fourth-order valence-electron chi connectivity index (χ4n) is 2.41. The molecule has 0 bridgehead atoms. The first-order valence-electron chi connectivity index (χ1n) is 6.65. The first-order valence-corrected chi connectivity index (χ1v) is 6.65. The zero-order chi connectivity index (χ0) is 14.8. The molecule has 1 aromatic carbocycles. The number of hydrazine groups is 1. The van der Waals surface area contributed by atoms with Crippen LogP contribution < -0.4 is 11.3 Å². The Morgan fingerprint density at radius 2 is 2.05 bits per heavy atom. The molecule has 0 aliphatic heterocycles. The molecule has 0 aliphatic carbocycles. The van der Waals surface area contributed by atoms with Crippen molar-refractivity contribution < 1.29 is 5.11 Å². The maximum atomic E-state index is 9.87. The van der Waals surface area contributed by atoms with Gasteiger partial charge in [0.1, 0.15) is 5.82 Å². The maximum absolute atomic E-state index is 9.87. The van der Waals surface area contributed by atoms with Crippen molar-refractivity contribution in [3.05, 3.63) is 35.9 Å². The Morgan fingerprint density at radius 3 is 2.70 bits per heavy atom. The van der Waals surface area contributed by atoms with Crippen molar-refractivity contribution in [3.8, 4) is 0 Å². The normalized spacial score (nSPS) is 12.1. The summed E-state index contributed by atoms with van der Waals surface area (Å²) in [6.45, 7) is 4.83. The first kappa shape index (κ1) is 14.7. The van der Waals surface area contributed by atoms with Gasteiger partial charge in [-0.3, -0.25) is 4.90 Å².